The first-order valence-corrected chi connectivity index (χ1v) is 4.95. The van der Waals surface area contributed by atoms with Crippen molar-refractivity contribution in [2.24, 2.45) is 0 Å². The van der Waals surface area contributed by atoms with Gasteiger partial charge in [0.2, 0.25) is 0 Å². The zero-order valence-corrected chi connectivity index (χ0v) is 9.14. The minimum absolute atomic E-state index is 0.803. The zero-order chi connectivity index (χ0) is 10.8. The molecular weight excluding hydrogens is 186 g/mol. The molecular formula is C12H15N3. The number of hydrogen-bond donors (Lipinski definition) is 0. The summed E-state index contributed by atoms with van der Waals surface area (Å²) in [6, 6.07) is 6.29. The highest BCUT2D eigenvalue weighted by atomic mass is 15.1. The van der Waals surface area contributed by atoms with Gasteiger partial charge in [-0.1, -0.05) is 6.08 Å². The van der Waals surface area contributed by atoms with Gasteiger partial charge in [-0.05, 0) is 18.2 Å². The molecule has 0 atom stereocenters. The van der Waals surface area contributed by atoms with Gasteiger partial charge in [0.1, 0.15) is 0 Å². The van der Waals surface area contributed by atoms with Crippen LogP contribution >= 0.6 is 0 Å². The van der Waals surface area contributed by atoms with Crippen LogP contribution in [-0.2, 0) is 6.54 Å². The Bertz CT molecular complexity index is 483. The first-order valence-electron chi connectivity index (χ1n) is 4.95. The molecule has 0 aliphatic rings. The second kappa shape index (κ2) is 3.77. The molecule has 15 heavy (non-hydrogen) atoms. The molecule has 0 aliphatic heterocycles. The van der Waals surface area contributed by atoms with Gasteiger partial charge < -0.3 is 9.47 Å². The van der Waals surface area contributed by atoms with E-state index in [1.165, 1.54) is 5.69 Å². The molecule has 3 nitrogen and oxygen atoms in total. The Kier molecular flexibility index (Phi) is 2.46. The maximum atomic E-state index is 4.37. The summed E-state index contributed by atoms with van der Waals surface area (Å²) in [6.45, 7) is 4.53. The maximum absolute atomic E-state index is 4.37. The summed E-state index contributed by atoms with van der Waals surface area (Å²) in [7, 11) is 4.06. The van der Waals surface area contributed by atoms with Crippen molar-refractivity contribution in [2.75, 3.05) is 19.0 Å². The average Bonchev–Trinajstić information content (AvgIpc) is 2.61. The molecule has 2 rings (SSSR count). The smallest absolute Gasteiger partial charge is 0.0961 e. The average molecular weight is 201 g/mol. The van der Waals surface area contributed by atoms with Gasteiger partial charge in [0.25, 0.3) is 0 Å². The van der Waals surface area contributed by atoms with Crippen LogP contribution in [0.4, 0.5) is 5.69 Å². The Balaban J connectivity index is 2.51. The van der Waals surface area contributed by atoms with Gasteiger partial charge in [0.15, 0.2) is 0 Å². The first kappa shape index (κ1) is 9.77. The second-order valence-corrected chi connectivity index (χ2v) is 3.75. The van der Waals surface area contributed by atoms with Gasteiger partial charge in [-0.25, -0.2) is 4.98 Å². The Hall–Kier alpha value is -1.77. The van der Waals surface area contributed by atoms with Crippen molar-refractivity contribution in [1.82, 2.24) is 9.55 Å². The highest BCUT2D eigenvalue weighted by Crippen LogP contribution is 2.19. The van der Waals surface area contributed by atoms with Gasteiger partial charge in [-0.3, -0.25) is 0 Å². The standard InChI is InChI=1S/C12H15N3/c1-4-7-15-9-13-11-8-10(14(2)3)5-6-12(11)15/h4-6,8-9H,1,7H2,2-3H3. The lowest BCUT2D eigenvalue weighted by Crippen LogP contribution is -2.08. The van der Waals surface area contributed by atoms with Gasteiger partial charge in [-0.2, -0.15) is 0 Å². The highest BCUT2D eigenvalue weighted by Gasteiger charge is 2.03. The van der Waals surface area contributed by atoms with Crippen molar-refractivity contribution in [3.05, 3.63) is 37.2 Å². The lowest BCUT2D eigenvalue weighted by molar-refractivity contribution is 0.851. The van der Waals surface area contributed by atoms with Crippen LogP contribution in [0.3, 0.4) is 0 Å². The van der Waals surface area contributed by atoms with Crippen molar-refractivity contribution in [1.29, 1.82) is 0 Å². The number of nitrogens with zero attached hydrogens (tertiary/aromatic N) is 3. The molecule has 1 aromatic heterocycles. The number of fused-ring (bicyclic) bond motifs is 1. The fourth-order valence-electron chi connectivity index (χ4n) is 1.61. The Morgan fingerprint density at radius 1 is 1.47 bits per heavy atom. The number of rotatable bonds is 3. The molecule has 0 amide bonds. The van der Waals surface area contributed by atoms with Crippen molar-refractivity contribution < 1.29 is 0 Å². The third kappa shape index (κ3) is 1.73. The van der Waals surface area contributed by atoms with E-state index in [0.29, 0.717) is 0 Å². The van der Waals surface area contributed by atoms with E-state index in [2.05, 4.69) is 39.2 Å². The van der Waals surface area contributed by atoms with Crippen molar-refractivity contribution in [2.45, 2.75) is 6.54 Å². The monoisotopic (exact) mass is 201 g/mol. The van der Waals surface area contributed by atoms with Gasteiger partial charge in [-0.15, -0.1) is 6.58 Å². The molecule has 0 radical (unpaired) electrons. The second-order valence-electron chi connectivity index (χ2n) is 3.75. The third-order valence-electron chi connectivity index (χ3n) is 2.45. The minimum atomic E-state index is 0.803. The quantitative estimate of drug-likeness (QED) is 0.710. The number of aromatic nitrogens is 2. The van der Waals surface area contributed by atoms with Crippen LogP contribution < -0.4 is 4.90 Å². The molecule has 1 aromatic carbocycles. The summed E-state index contributed by atoms with van der Waals surface area (Å²) >= 11 is 0. The predicted molar refractivity (Wildman–Crippen MR) is 64.3 cm³/mol. The van der Waals surface area contributed by atoms with Gasteiger partial charge in [0.05, 0.1) is 17.4 Å². The first-order chi connectivity index (χ1) is 7.22. The maximum Gasteiger partial charge on any atom is 0.0961 e. The normalized spacial score (nSPS) is 10.5. The molecule has 1 heterocycles. The number of imidazole rings is 1. The fraction of sp³-hybridized carbons (Fsp3) is 0.250. The number of hydrogen-bond acceptors (Lipinski definition) is 2. The molecule has 0 saturated heterocycles. The molecule has 0 N–H and O–H groups in total. The summed E-state index contributed by atoms with van der Waals surface area (Å²) in [5.41, 5.74) is 3.36. The Morgan fingerprint density at radius 2 is 2.27 bits per heavy atom. The van der Waals surface area contributed by atoms with E-state index >= 15 is 0 Å². The van der Waals surface area contributed by atoms with E-state index in [4.69, 9.17) is 0 Å². The van der Waals surface area contributed by atoms with Crippen LogP contribution in [0.15, 0.2) is 37.2 Å². The van der Waals surface area contributed by atoms with E-state index in [1.807, 2.05) is 26.5 Å². The summed E-state index contributed by atoms with van der Waals surface area (Å²) in [4.78, 5) is 6.44. The van der Waals surface area contributed by atoms with Gasteiger partial charge >= 0.3 is 0 Å². The largest absolute Gasteiger partial charge is 0.378 e. The summed E-state index contributed by atoms with van der Waals surface area (Å²) in [5, 5.41) is 0. The van der Waals surface area contributed by atoms with E-state index < -0.39 is 0 Å². The van der Waals surface area contributed by atoms with Gasteiger partial charge in [0, 0.05) is 26.3 Å². The van der Waals surface area contributed by atoms with E-state index in [0.717, 1.165) is 17.6 Å². The van der Waals surface area contributed by atoms with Crippen LogP contribution in [0.2, 0.25) is 0 Å². The SMILES string of the molecule is C=CCn1cnc2cc(N(C)C)ccc21. The molecule has 78 valence electrons. The van der Waals surface area contributed by atoms with Crippen LogP contribution in [0.25, 0.3) is 11.0 Å². The predicted octanol–water partition coefficient (Wildman–Crippen LogP) is 2.29. The molecule has 0 saturated carbocycles. The van der Waals surface area contributed by atoms with E-state index in [-0.39, 0.29) is 0 Å². The van der Waals surface area contributed by atoms with E-state index in [9.17, 15) is 0 Å². The highest BCUT2D eigenvalue weighted by molar-refractivity contribution is 5.79. The molecule has 0 aliphatic carbocycles. The summed E-state index contributed by atoms with van der Waals surface area (Å²) < 4.78 is 2.09. The Labute approximate surface area is 89.6 Å². The van der Waals surface area contributed by atoms with Crippen LogP contribution in [-0.4, -0.2) is 23.6 Å². The third-order valence-corrected chi connectivity index (χ3v) is 2.45. The summed E-state index contributed by atoms with van der Waals surface area (Å²) in [5.74, 6) is 0. The lowest BCUT2D eigenvalue weighted by atomic mass is 10.2. The Morgan fingerprint density at radius 3 is 2.93 bits per heavy atom. The molecule has 3 heteroatoms. The summed E-state index contributed by atoms with van der Waals surface area (Å²) in [6.07, 6.45) is 3.73. The minimum Gasteiger partial charge on any atom is -0.378 e. The van der Waals surface area contributed by atoms with Crippen molar-refractivity contribution in [3.63, 3.8) is 0 Å². The topological polar surface area (TPSA) is 21.1 Å². The number of anilines is 1. The molecule has 2 aromatic rings. The molecule has 0 bridgehead atoms. The number of allylic oxidation sites excluding steroid dienone is 1. The van der Waals surface area contributed by atoms with Crippen LogP contribution in [0.1, 0.15) is 0 Å². The molecule has 0 unspecified atom stereocenters. The van der Waals surface area contributed by atoms with Crippen molar-refractivity contribution in [3.8, 4) is 0 Å². The van der Waals surface area contributed by atoms with Crippen molar-refractivity contribution >= 4 is 16.7 Å². The molecule has 0 fully saturated rings. The number of benzene rings is 1. The van der Waals surface area contributed by atoms with Crippen LogP contribution in [0, 0.1) is 0 Å². The van der Waals surface area contributed by atoms with Crippen LogP contribution in [0.5, 0.6) is 0 Å². The van der Waals surface area contributed by atoms with E-state index in [1.54, 1.807) is 0 Å². The molecule has 0 spiro atoms. The fourth-order valence-corrected chi connectivity index (χ4v) is 1.61. The zero-order valence-electron chi connectivity index (χ0n) is 9.14. The lowest BCUT2D eigenvalue weighted by Gasteiger charge is -2.11.